The lowest BCUT2D eigenvalue weighted by molar-refractivity contribution is -0.115. The molecule has 0 unspecified atom stereocenters. The summed E-state index contributed by atoms with van der Waals surface area (Å²) in [6.45, 7) is 0. The van der Waals surface area contributed by atoms with E-state index >= 15 is 0 Å². The van der Waals surface area contributed by atoms with Crippen LogP contribution in [0.25, 0.3) is 22.1 Å². The van der Waals surface area contributed by atoms with Gasteiger partial charge < -0.3 is 9.88 Å². The Bertz CT molecular complexity index is 1050. The number of carbonyl (C=O) groups is 1. The summed E-state index contributed by atoms with van der Waals surface area (Å²) in [6.07, 6.45) is 0. The molecule has 0 fully saturated rings. The maximum Gasteiger partial charge on any atom is 0.237 e. The number of aromatic amines is 1. The van der Waals surface area contributed by atoms with E-state index < -0.39 is 0 Å². The molecular weight excluding hydrogens is 334 g/mol. The molecule has 1 N–H and O–H groups in total. The van der Waals surface area contributed by atoms with E-state index in [1.807, 2.05) is 54.6 Å². The average Bonchev–Trinajstić information content (AvgIpc) is 3.04. The zero-order chi connectivity index (χ0) is 17.2. The summed E-state index contributed by atoms with van der Waals surface area (Å²) < 4.78 is 0. The summed E-state index contributed by atoms with van der Waals surface area (Å²) >= 11 is 1.28. The van der Waals surface area contributed by atoms with E-state index in [-0.39, 0.29) is 11.7 Å². The molecule has 1 amide bonds. The second-order valence-electron chi connectivity index (χ2n) is 5.54. The van der Waals surface area contributed by atoms with Gasteiger partial charge in [-0.25, -0.2) is 4.98 Å². The van der Waals surface area contributed by atoms with Crippen LogP contribution in [-0.2, 0) is 4.79 Å². The van der Waals surface area contributed by atoms with Crippen LogP contribution in [0.5, 0.6) is 0 Å². The van der Waals surface area contributed by atoms with Crippen molar-refractivity contribution in [3.63, 3.8) is 0 Å². The van der Waals surface area contributed by atoms with Crippen molar-refractivity contribution in [2.24, 2.45) is 0 Å². The number of hydrogen-bond acceptors (Lipinski definition) is 5. The standard InChI is InChI=1S/C18H15N5OS/c1-23(12-7-3-2-4-8-12)15(24)11-25-18-20-17-16(21-22-18)13-9-5-6-10-14(13)19-17/h2-10H,11H2,1H3,(H,19,20,22). The van der Waals surface area contributed by atoms with E-state index in [2.05, 4.69) is 20.2 Å². The predicted octanol–water partition coefficient (Wildman–Crippen LogP) is 3.26. The Balaban J connectivity index is 1.51. The molecule has 2 heterocycles. The van der Waals surface area contributed by atoms with Crippen molar-refractivity contribution >= 4 is 45.4 Å². The first-order valence-corrected chi connectivity index (χ1v) is 8.76. The number of hydrogen-bond donors (Lipinski definition) is 1. The van der Waals surface area contributed by atoms with Gasteiger partial charge in [0, 0.05) is 23.6 Å². The van der Waals surface area contributed by atoms with Gasteiger partial charge in [0.15, 0.2) is 5.65 Å². The smallest absolute Gasteiger partial charge is 0.237 e. The lowest BCUT2D eigenvalue weighted by atomic mass is 10.2. The Kier molecular flexibility index (Phi) is 4.07. The predicted molar refractivity (Wildman–Crippen MR) is 99.8 cm³/mol. The molecule has 2 aromatic carbocycles. The minimum absolute atomic E-state index is 0.0171. The summed E-state index contributed by atoms with van der Waals surface area (Å²) in [6, 6.07) is 17.4. The van der Waals surface area contributed by atoms with Gasteiger partial charge in [-0.05, 0) is 18.2 Å². The second-order valence-corrected chi connectivity index (χ2v) is 6.48. The normalized spacial score (nSPS) is 11.1. The molecule has 0 saturated heterocycles. The van der Waals surface area contributed by atoms with Crippen molar-refractivity contribution in [2.75, 3.05) is 17.7 Å². The van der Waals surface area contributed by atoms with E-state index in [0.717, 1.165) is 22.1 Å². The monoisotopic (exact) mass is 349 g/mol. The first-order chi connectivity index (χ1) is 12.2. The fourth-order valence-corrected chi connectivity index (χ4v) is 3.29. The van der Waals surface area contributed by atoms with Crippen LogP contribution in [0.3, 0.4) is 0 Å². The molecule has 4 rings (SSSR count). The summed E-state index contributed by atoms with van der Waals surface area (Å²) in [5.74, 6) is 0.232. The van der Waals surface area contributed by atoms with Crippen LogP contribution in [0.2, 0.25) is 0 Å². The number of fused-ring (bicyclic) bond motifs is 3. The fraction of sp³-hybridized carbons (Fsp3) is 0.111. The van der Waals surface area contributed by atoms with Crippen molar-refractivity contribution in [3.8, 4) is 0 Å². The number of anilines is 1. The van der Waals surface area contributed by atoms with Crippen LogP contribution < -0.4 is 4.90 Å². The molecule has 0 aliphatic rings. The van der Waals surface area contributed by atoms with Gasteiger partial charge in [-0.1, -0.05) is 48.2 Å². The first-order valence-electron chi connectivity index (χ1n) is 7.78. The van der Waals surface area contributed by atoms with Gasteiger partial charge >= 0.3 is 0 Å². The number of aromatic nitrogens is 4. The van der Waals surface area contributed by atoms with Crippen LogP contribution in [0.4, 0.5) is 5.69 Å². The van der Waals surface area contributed by atoms with E-state index in [9.17, 15) is 4.79 Å². The quantitative estimate of drug-likeness (QED) is 0.572. The molecule has 0 saturated carbocycles. The van der Waals surface area contributed by atoms with Crippen LogP contribution in [-0.4, -0.2) is 38.9 Å². The first kappa shape index (κ1) is 15.6. The molecule has 0 bridgehead atoms. The number of thioether (sulfide) groups is 1. The molecule has 0 radical (unpaired) electrons. The van der Waals surface area contributed by atoms with Crippen LogP contribution in [0.15, 0.2) is 59.8 Å². The van der Waals surface area contributed by atoms with Gasteiger partial charge in [-0.15, -0.1) is 10.2 Å². The van der Waals surface area contributed by atoms with E-state index in [1.165, 1.54) is 11.8 Å². The zero-order valence-corrected chi connectivity index (χ0v) is 14.3. The van der Waals surface area contributed by atoms with E-state index in [1.54, 1.807) is 11.9 Å². The lowest BCUT2D eigenvalue weighted by Gasteiger charge is -2.16. The Labute approximate surface area is 148 Å². The molecule has 7 heteroatoms. The van der Waals surface area contributed by atoms with Crippen LogP contribution in [0, 0.1) is 0 Å². The van der Waals surface area contributed by atoms with Crippen LogP contribution in [0.1, 0.15) is 0 Å². The number of carbonyl (C=O) groups excluding carboxylic acids is 1. The summed E-state index contributed by atoms with van der Waals surface area (Å²) in [4.78, 5) is 21.7. The van der Waals surface area contributed by atoms with Crippen molar-refractivity contribution in [3.05, 3.63) is 54.6 Å². The maximum absolute atomic E-state index is 12.3. The Morgan fingerprint density at radius 3 is 2.68 bits per heavy atom. The SMILES string of the molecule is CN(C(=O)CSc1nnc2c(n1)[nH]c1ccccc12)c1ccccc1. The highest BCUT2D eigenvalue weighted by Crippen LogP contribution is 2.23. The number of rotatable bonds is 4. The van der Waals surface area contributed by atoms with Gasteiger partial charge in [0.05, 0.1) is 5.75 Å². The van der Waals surface area contributed by atoms with Gasteiger partial charge in [-0.2, -0.15) is 0 Å². The highest BCUT2D eigenvalue weighted by molar-refractivity contribution is 7.99. The molecule has 0 aliphatic carbocycles. The van der Waals surface area contributed by atoms with Gasteiger partial charge in [0.1, 0.15) is 5.52 Å². The van der Waals surface area contributed by atoms with E-state index in [0.29, 0.717) is 10.8 Å². The molecule has 0 aliphatic heterocycles. The highest BCUT2D eigenvalue weighted by Gasteiger charge is 2.14. The third-order valence-corrected chi connectivity index (χ3v) is 4.77. The number of benzene rings is 2. The minimum Gasteiger partial charge on any atom is -0.338 e. The minimum atomic E-state index is -0.0171. The Hall–Kier alpha value is -2.93. The van der Waals surface area contributed by atoms with Gasteiger partial charge in [0.2, 0.25) is 11.1 Å². The van der Waals surface area contributed by atoms with Crippen molar-refractivity contribution < 1.29 is 4.79 Å². The third kappa shape index (κ3) is 3.06. The van der Waals surface area contributed by atoms with Crippen molar-refractivity contribution in [1.82, 2.24) is 20.2 Å². The van der Waals surface area contributed by atoms with E-state index in [4.69, 9.17) is 0 Å². The maximum atomic E-state index is 12.3. The van der Waals surface area contributed by atoms with Crippen molar-refractivity contribution in [1.29, 1.82) is 0 Å². The fourth-order valence-electron chi connectivity index (χ4n) is 2.59. The van der Waals surface area contributed by atoms with Gasteiger partial charge in [-0.3, -0.25) is 4.79 Å². The number of para-hydroxylation sites is 2. The summed E-state index contributed by atoms with van der Waals surface area (Å²) in [5.41, 5.74) is 3.26. The molecule has 0 atom stereocenters. The highest BCUT2D eigenvalue weighted by atomic mass is 32.2. The lowest BCUT2D eigenvalue weighted by Crippen LogP contribution is -2.27. The van der Waals surface area contributed by atoms with Crippen molar-refractivity contribution in [2.45, 2.75) is 5.16 Å². The molecule has 6 nitrogen and oxygen atoms in total. The molecular formula is C18H15N5OS. The number of H-pyrrole nitrogens is 1. The third-order valence-electron chi connectivity index (χ3n) is 3.94. The molecule has 2 aromatic heterocycles. The number of amides is 1. The number of nitrogens with zero attached hydrogens (tertiary/aromatic N) is 4. The molecule has 124 valence electrons. The average molecular weight is 349 g/mol. The zero-order valence-electron chi connectivity index (χ0n) is 13.5. The second kappa shape index (κ2) is 6.52. The topological polar surface area (TPSA) is 74.8 Å². The number of nitrogens with one attached hydrogen (secondary N) is 1. The van der Waals surface area contributed by atoms with Gasteiger partial charge in [0.25, 0.3) is 0 Å². The molecule has 0 spiro atoms. The Morgan fingerprint density at radius 1 is 1.08 bits per heavy atom. The summed E-state index contributed by atoms with van der Waals surface area (Å²) in [7, 11) is 1.76. The summed E-state index contributed by atoms with van der Waals surface area (Å²) in [5, 5.41) is 9.88. The van der Waals surface area contributed by atoms with Crippen LogP contribution >= 0.6 is 11.8 Å². The largest absolute Gasteiger partial charge is 0.338 e. The molecule has 4 aromatic rings. The Morgan fingerprint density at radius 2 is 1.84 bits per heavy atom. The molecule has 25 heavy (non-hydrogen) atoms.